The fraction of sp³-hybridized carbons (Fsp3) is 0.391. The molecule has 5 rings (SSSR count). The number of benzene rings is 1. The molecule has 174 valence electrons. The van der Waals surface area contributed by atoms with Gasteiger partial charge in [0.1, 0.15) is 5.69 Å². The predicted molar refractivity (Wildman–Crippen MR) is 133 cm³/mol. The van der Waals surface area contributed by atoms with E-state index in [1.807, 2.05) is 34.1 Å². The summed E-state index contributed by atoms with van der Waals surface area (Å²) in [6, 6.07) is 8.38. The largest absolute Gasteiger partial charge is 0.382 e. The van der Waals surface area contributed by atoms with Gasteiger partial charge in [-0.25, -0.2) is 19.7 Å². The zero-order chi connectivity index (χ0) is 22.2. The number of aromatic amines is 1. The van der Waals surface area contributed by atoms with Gasteiger partial charge < -0.3 is 25.4 Å². The Kier molecular flexibility index (Phi) is 5.26. The number of amides is 2. The molecule has 2 amide bonds. The molecule has 2 aliphatic rings. The van der Waals surface area contributed by atoms with Crippen molar-refractivity contribution in [3.05, 3.63) is 42.2 Å². The van der Waals surface area contributed by atoms with Crippen LogP contribution in [0.4, 0.5) is 10.6 Å². The Balaban J connectivity index is 0.00000162. The van der Waals surface area contributed by atoms with Crippen molar-refractivity contribution < 1.29 is 10.5 Å². The molecular formula is C23H36N8O. The average Bonchev–Trinajstić information content (AvgIpc) is 3.47. The van der Waals surface area contributed by atoms with E-state index < -0.39 is 0 Å². The first-order valence-corrected chi connectivity index (χ1v) is 11.0. The van der Waals surface area contributed by atoms with Gasteiger partial charge in [0.15, 0.2) is 11.6 Å². The molecule has 0 unspecified atom stereocenters. The highest BCUT2D eigenvalue weighted by atomic mass is 16.2. The van der Waals surface area contributed by atoms with Crippen molar-refractivity contribution in [2.45, 2.75) is 18.9 Å². The van der Waals surface area contributed by atoms with Crippen molar-refractivity contribution in [1.82, 2.24) is 34.6 Å². The second-order valence-electron chi connectivity index (χ2n) is 8.65. The summed E-state index contributed by atoms with van der Waals surface area (Å²) in [6.45, 7) is 2.85. The summed E-state index contributed by atoms with van der Waals surface area (Å²) >= 11 is 0. The van der Waals surface area contributed by atoms with Crippen LogP contribution < -0.4 is 5.73 Å². The fourth-order valence-electron chi connectivity index (χ4n) is 4.40. The number of nitrogens with one attached hydrogen (secondary N) is 1. The first kappa shape index (κ1) is 20.4. The number of rotatable bonds is 3. The molecule has 0 radical (unpaired) electrons. The molecule has 3 aromatic rings. The number of carbonyl (C=O) groups is 1. The number of imidazole rings is 1. The molecule has 2 aliphatic heterocycles. The van der Waals surface area contributed by atoms with Crippen LogP contribution in [0.1, 0.15) is 24.2 Å². The van der Waals surface area contributed by atoms with E-state index in [-0.39, 0.29) is 11.7 Å². The van der Waals surface area contributed by atoms with Crippen LogP contribution in [0.3, 0.4) is 0 Å². The van der Waals surface area contributed by atoms with Gasteiger partial charge in [-0.2, -0.15) is 0 Å². The summed E-state index contributed by atoms with van der Waals surface area (Å²) in [7, 11) is 4.14. The molecule has 1 aromatic carbocycles. The monoisotopic (exact) mass is 440 g/mol. The number of likely N-dealkylation sites (N-methyl/N-ethyl adjacent to an activating group) is 1. The van der Waals surface area contributed by atoms with E-state index in [0.29, 0.717) is 36.5 Å². The Bertz CT molecular complexity index is 1170. The average molecular weight is 441 g/mol. The highest BCUT2D eigenvalue weighted by Crippen LogP contribution is 2.27. The third-order valence-corrected chi connectivity index (χ3v) is 6.39. The van der Waals surface area contributed by atoms with E-state index in [1.165, 1.54) is 0 Å². The molecule has 1 fully saturated rings. The van der Waals surface area contributed by atoms with Crippen LogP contribution in [-0.2, 0) is 0 Å². The Labute approximate surface area is 192 Å². The number of anilines is 1. The van der Waals surface area contributed by atoms with Gasteiger partial charge in [-0.3, -0.25) is 0 Å². The number of carbonyl (C=O) groups excluding carboxylic acids is 1. The fourth-order valence-corrected chi connectivity index (χ4v) is 4.40. The van der Waals surface area contributed by atoms with Crippen LogP contribution in [0.15, 0.2) is 36.5 Å². The van der Waals surface area contributed by atoms with Crippen molar-refractivity contribution in [1.29, 1.82) is 0 Å². The minimum absolute atomic E-state index is 0. The van der Waals surface area contributed by atoms with Crippen LogP contribution in [0.5, 0.6) is 0 Å². The Morgan fingerprint density at radius 2 is 2.06 bits per heavy atom. The zero-order valence-corrected chi connectivity index (χ0v) is 18.5. The van der Waals surface area contributed by atoms with Crippen LogP contribution in [-0.4, -0.2) is 87.0 Å². The number of urea groups is 1. The topological polar surface area (TPSA) is 107 Å². The summed E-state index contributed by atoms with van der Waals surface area (Å²) in [4.78, 5) is 36.0. The third kappa shape index (κ3) is 3.80. The van der Waals surface area contributed by atoms with Gasteiger partial charge in [0.2, 0.25) is 0 Å². The van der Waals surface area contributed by atoms with Gasteiger partial charge in [-0.15, -0.1) is 0 Å². The van der Waals surface area contributed by atoms with Crippen molar-refractivity contribution in [3.63, 3.8) is 0 Å². The summed E-state index contributed by atoms with van der Waals surface area (Å²) in [5, 5.41) is 0. The molecule has 1 atom stereocenters. The van der Waals surface area contributed by atoms with Gasteiger partial charge in [-0.1, -0.05) is 18.2 Å². The van der Waals surface area contributed by atoms with Crippen LogP contribution >= 0.6 is 0 Å². The Morgan fingerprint density at radius 3 is 2.78 bits per heavy atom. The first-order chi connectivity index (χ1) is 15.5. The number of H-pyrrole nitrogens is 1. The second kappa shape index (κ2) is 8.23. The molecule has 0 saturated carbocycles. The van der Waals surface area contributed by atoms with E-state index in [9.17, 15) is 4.79 Å². The molecule has 3 N–H and O–H groups in total. The number of aromatic nitrogens is 4. The van der Waals surface area contributed by atoms with E-state index in [0.717, 1.165) is 48.2 Å². The van der Waals surface area contributed by atoms with Crippen molar-refractivity contribution in [2.75, 3.05) is 46.0 Å². The number of nitrogens with two attached hydrogens (primary N) is 1. The molecule has 0 aliphatic carbocycles. The number of likely N-dealkylation sites (tertiary alicyclic amines) is 1. The van der Waals surface area contributed by atoms with E-state index in [2.05, 4.69) is 40.0 Å². The number of nitrogen functional groups attached to an aromatic ring is 1. The molecule has 1 saturated heterocycles. The van der Waals surface area contributed by atoms with Crippen LogP contribution in [0.25, 0.3) is 28.1 Å². The predicted octanol–water partition coefficient (Wildman–Crippen LogP) is 3.43. The highest BCUT2D eigenvalue weighted by molar-refractivity contribution is 5.81. The molecule has 9 nitrogen and oxygen atoms in total. The summed E-state index contributed by atoms with van der Waals surface area (Å²) in [5.74, 6) is 0.946. The number of para-hydroxylation sites is 2. The van der Waals surface area contributed by atoms with Gasteiger partial charge in [-0.05, 0) is 44.6 Å². The maximum atomic E-state index is 12.9. The van der Waals surface area contributed by atoms with E-state index in [4.69, 9.17) is 10.7 Å². The minimum Gasteiger partial charge on any atom is -0.382 e. The minimum atomic E-state index is 0. The molecule has 0 bridgehead atoms. The molecule has 0 spiro atoms. The molecule has 4 heterocycles. The molecular weight excluding hydrogens is 404 g/mol. The second-order valence-corrected chi connectivity index (χ2v) is 8.65. The number of hydrogen-bond acceptors (Lipinski definition) is 6. The van der Waals surface area contributed by atoms with Gasteiger partial charge in [0, 0.05) is 37.9 Å². The standard InChI is InChI=1S/C23H28N8O.4H2/c1-29(2)16-9-12-31(14-16)23(32)30-10-7-15(8-11-30)19-13-25-21(24)20(26-19)22-27-17-5-3-4-6-18(17)28-22;;;;/h3-7,13,16H,8-12,14H2,1-2H3,(H2,24,25)(H,27,28);4*1H/t16-;;;;/m1..../s1. The molecule has 2 aromatic heterocycles. The maximum absolute atomic E-state index is 12.9. The van der Waals surface area contributed by atoms with Crippen molar-refractivity contribution >= 4 is 28.5 Å². The first-order valence-electron chi connectivity index (χ1n) is 11.0. The number of hydrogen-bond donors (Lipinski definition) is 2. The molecule has 9 heteroatoms. The van der Waals surface area contributed by atoms with Crippen molar-refractivity contribution in [3.8, 4) is 11.5 Å². The number of fused-ring (bicyclic) bond motifs is 1. The summed E-state index contributed by atoms with van der Waals surface area (Å²) in [5.41, 5.74) is 10.3. The summed E-state index contributed by atoms with van der Waals surface area (Å²) < 4.78 is 0. The zero-order valence-electron chi connectivity index (χ0n) is 18.5. The lowest BCUT2D eigenvalue weighted by molar-refractivity contribution is 0.163. The maximum Gasteiger partial charge on any atom is 0.320 e. The van der Waals surface area contributed by atoms with Gasteiger partial charge in [0.05, 0.1) is 22.9 Å². The van der Waals surface area contributed by atoms with Crippen LogP contribution in [0, 0.1) is 0 Å². The van der Waals surface area contributed by atoms with Crippen LogP contribution in [0.2, 0.25) is 0 Å². The quantitative estimate of drug-likeness (QED) is 0.646. The Morgan fingerprint density at radius 1 is 1.22 bits per heavy atom. The lowest BCUT2D eigenvalue weighted by Gasteiger charge is -2.31. The lowest BCUT2D eigenvalue weighted by Crippen LogP contribution is -2.45. The SMILES string of the molecule is CN(C)[C@@H]1CCN(C(=O)N2CC=C(c3cnc(N)c(-c4nc5ccccc5[nH]4)n3)CC2)C1.[HH].[HH].[HH].[HH]. The highest BCUT2D eigenvalue weighted by Gasteiger charge is 2.31. The Hall–Kier alpha value is -3.46. The smallest absolute Gasteiger partial charge is 0.320 e. The summed E-state index contributed by atoms with van der Waals surface area (Å²) in [6.07, 6.45) is 5.53. The van der Waals surface area contributed by atoms with Gasteiger partial charge >= 0.3 is 6.03 Å². The van der Waals surface area contributed by atoms with E-state index >= 15 is 0 Å². The molecule has 32 heavy (non-hydrogen) atoms. The normalized spacial score (nSPS) is 19.1. The number of nitrogens with zero attached hydrogens (tertiary/aromatic N) is 6. The third-order valence-electron chi connectivity index (χ3n) is 6.39. The van der Waals surface area contributed by atoms with Gasteiger partial charge in [0.25, 0.3) is 0 Å². The lowest BCUT2D eigenvalue weighted by atomic mass is 10.1. The van der Waals surface area contributed by atoms with Crippen molar-refractivity contribution in [2.24, 2.45) is 0 Å². The van der Waals surface area contributed by atoms with E-state index in [1.54, 1.807) is 6.20 Å².